The van der Waals surface area contributed by atoms with Crippen LogP contribution in [0, 0.1) is 6.92 Å². The summed E-state index contributed by atoms with van der Waals surface area (Å²) in [6.45, 7) is 3.82. The van der Waals surface area contributed by atoms with Crippen LogP contribution in [0.4, 0.5) is 0 Å². The lowest BCUT2D eigenvalue weighted by atomic mass is 10.1. The molecule has 25 heavy (non-hydrogen) atoms. The number of methoxy groups -OCH3 is 1. The van der Waals surface area contributed by atoms with Crippen LogP contribution in [0.1, 0.15) is 33.5 Å². The average Bonchev–Trinajstić information content (AvgIpc) is 3.17. The Balaban J connectivity index is 2.28. The highest BCUT2D eigenvalue weighted by molar-refractivity contribution is 5.97. The van der Waals surface area contributed by atoms with Crippen LogP contribution in [-0.4, -0.2) is 50.0 Å². The zero-order valence-electron chi connectivity index (χ0n) is 14.3. The third kappa shape index (κ3) is 2.73. The van der Waals surface area contributed by atoms with E-state index in [1.54, 1.807) is 30.9 Å². The van der Waals surface area contributed by atoms with Gasteiger partial charge in [-0.2, -0.15) is 10.2 Å². The van der Waals surface area contributed by atoms with E-state index in [9.17, 15) is 9.59 Å². The second kappa shape index (κ2) is 6.34. The molecule has 0 aliphatic carbocycles. The fourth-order valence-corrected chi connectivity index (χ4v) is 2.45. The monoisotopic (exact) mass is 343 g/mol. The Bertz CT molecular complexity index is 972. The number of rotatable bonds is 4. The van der Waals surface area contributed by atoms with Gasteiger partial charge in [0.05, 0.1) is 31.8 Å². The van der Waals surface area contributed by atoms with Gasteiger partial charge >= 0.3 is 11.9 Å². The summed E-state index contributed by atoms with van der Waals surface area (Å²) in [5.41, 5.74) is 2.65. The molecular formula is C16H17N5O4. The zero-order valence-corrected chi connectivity index (χ0v) is 14.3. The van der Waals surface area contributed by atoms with E-state index in [1.807, 2.05) is 6.92 Å². The molecule has 130 valence electrons. The summed E-state index contributed by atoms with van der Waals surface area (Å²) < 4.78 is 12.8. The van der Waals surface area contributed by atoms with Crippen molar-refractivity contribution < 1.29 is 19.1 Å². The molecule has 0 aliphatic rings. The summed E-state index contributed by atoms with van der Waals surface area (Å²) in [7, 11) is 3.08. The Morgan fingerprint density at radius 3 is 2.56 bits per heavy atom. The Morgan fingerprint density at radius 1 is 1.20 bits per heavy atom. The van der Waals surface area contributed by atoms with Crippen LogP contribution in [0.25, 0.3) is 16.9 Å². The zero-order chi connectivity index (χ0) is 18.1. The van der Waals surface area contributed by atoms with Crippen molar-refractivity contribution in [3.05, 3.63) is 35.4 Å². The first-order chi connectivity index (χ1) is 12.0. The minimum atomic E-state index is -0.589. The van der Waals surface area contributed by atoms with Gasteiger partial charge in [-0.15, -0.1) is 0 Å². The summed E-state index contributed by atoms with van der Waals surface area (Å²) in [5.74, 6) is -1.14. The third-order valence-electron chi connectivity index (χ3n) is 3.87. The van der Waals surface area contributed by atoms with E-state index in [0.29, 0.717) is 5.69 Å². The smallest absolute Gasteiger partial charge is 0.356 e. The van der Waals surface area contributed by atoms with E-state index in [4.69, 9.17) is 9.47 Å². The number of carbonyl (C=O) groups is 2. The van der Waals surface area contributed by atoms with E-state index in [1.165, 1.54) is 17.8 Å². The molecule has 0 aromatic carbocycles. The van der Waals surface area contributed by atoms with Crippen molar-refractivity contribution in [3.8, 4) is 11.3 Å². The number of esters is 2. The lowest BCUT2D eigenvalue weighted by Crippen LogP contribution is -2.12. The number of hydrogen-bond acceptors (Lipinski definition) is 7. The lowest BCUT2D eigenvalue weighted by Gasteiger charge is -2.07. The molecule has 0 fully saturated rings. The fraction of sp³-hybridized carbons (Fsp3) is 0.312. The molecule has 3 heterocycles. The molecule has 0 unspecified atom stereocenters. The first kappa shape index (κ1) is 16.6. The van der Waals surface area contributed by atoms with Crippen molar-refractivity contribution in [1.82, 2.24) is 24.4 Å². The Hall–Kier alpha value is -3.23. The molecule has 0 N–H and O–H groups in total. The van der Waals surface area contributed by atoms with Crippen molar-refractivity contribution in [2.75, 3.05) is 13.7 Å². The SMILES string of the molecule is CCOC(=O)c1cnn2c(C(=O)OC)cc(-c3cnn(C)c3C)nc12. The van der Waals surface area contributed by atoms with Crippen LogP contribution in [0.5, 0.6) is 0 Å². The lowest BCUT2D eigenvalue weighted by molar-refractivity contribution is 0.0526. The first-order valence-electron chi connectivity index (χ1n) is 7.61. The number of aryl methyl sites for hydroxylation is 1. The van der Waals surface area contributed by atoms with Gasteiger partial charge < -0.3 is 9.47 Å². The molecule has 3 rings (SSSR count). The maximum Gasteiger partial charge on any atom is 0.356 e. The van der Waals surface area contributed by atoms with Crippen LogP contribution >= 0.6 is 0 Å². The predicted molar refractivity (Wildman–Crippen MR) is 87.2 cm³/mol. The number of fused-ring (bicyclic) bond motifs is 1. The highest BCUT2D eigenvalue weighted by Gasteiger charge is 2.22. The minimum absolute atomic E-state index is 0.154. The van der Waals surface area contributed by atoms with Gasteiger partial charge in [-0.1, -0.05) is 0 Å². The van der Waals surface area contributed by atoms with Gasteiger partial charge in [-0.25, -0.2) is 19.1 Å². The summed E-state index contributed by atoms with van der Waals surface area (Å²) in [6.07, 6.45) is 2.97. The molecule has 0 bridgehead atoms. The highest BCUT2D eigenvalue weighted by atomic mass is 16.5. The van der Waals surface area contributed by atoms with Crippen molar-refractivity contribution in [3.63, 3.8) is 0 Å². The molecule has 0 spiro atoms. The van der Waals surface area contributed by atoms with Crippen LogP contribution in [0.15, 0.2) is 18.5 Å². The molecular weight excluding hydrogens is 326 g/mol. The molecule has 0 atom stereocenters. The minimum Gasteiger partial charge on any atom is -0.464 e. The van der Waals surface area contributed by atoms with E-state index >= 15 is 0 Å². The molecule has 0 aliphatic heterocycles. The van der Waals surface area contributed by atoms with Crippen LogP contribution in [-0.2, 0) is 16.5 Å². The second-order valence-electron chi connectivity index (χ2n) is 5.30. The molecule has 0 amide bonds. The topological polar surface area (TPSA) is 101 Å². The van der Waals surface area contributed by atoms with Gasteiger partial charge in [0.15, 0.2) is 11.3 Å². The van der Waals surface area contributed by atoms with E-state index in [2.05, 4.69) is 15.2 Å². The van der Waals surface area contributed by atoms with Crippen LogP contribution < -0.4 is 0 Å². The van der Waals surface area contributed by atoms with Crippen molar-refractivity contribution in [2.45, 2.75) is 13.8 Å². The van der Waals surface area contributed by atoms with E-state index in [0.717, 1.165) is 11.3 Å². The van der Waals surface area contributed by atoms with Gasteiger partial charge in [-0.3, -0.25) is 4.68 Å². The van der Waals surface area contributed by atoms with Crippen LogP contribution in [0.2, 0.25) is 0 Å². The van der Waals surface area contributed by atoms with E-state index in [-0.39, 0.29) is 23.5 Å². The molecule has 9 nitrogen and oxygen atoms in total. The Morgan fingerprint density at radius 2 is 1.96 bits per heavy atom. The fourth-order valence-electron chi connectivity index (χ4n) is 2.45. The molecule has 3 aromatic heterocycles. The van der Waals surface area contributed by atoms with Gasteiger partial charge in [0.25, 0.3) is 0 Å². The summed E-state index contributed by atoms with van der Waals surface area (Å²) in [5, 5.41) is 8.27. The Kier molecular flexibility index (Phi) is 4.22. The maximum atomic E-state index is 12.2. The summed E-state index contributed by atoms with van der Waals surface area (Å²) >= 11 is 0. The standard InChI is InChI=1S/C16H17N5O4/c1-5-25-15(22)11-8-18-21-13(16(23)24-4)6-12(19-14(11)21)10-7-17-20(3)9(10)2/h6-8H,5H2,1-4H3. The maximum absolute atomic E-state index is 12.2. The van der Waals surface area contributed by atoms with Gasteiger partial charge in [-0.05, 0) is 19.9 Å². The molecule has 3 aromatic rings. The largest absolute Gasteiger partial charge is 0.464 e. The number of hydrogen-bond donors (Lipinski definition) is 0. The number of carbonyl (C=O) groups excluding carboxylic acids is 2. The third-order valence-corrected chi connectivity index (χ3v) is 3.87. The summed E-state index contributed by atoms with van der Waals surface area (Å²) in [6, 6.07) is 1.56. The quantitative estimate of drug-likeness (QED) is 0.660. The number of nitrogens with zero attached hydrogens (tertiary/aromatic N) is 5. The molecule has 0 radical (unpaired) electrons. The van der Waals surface area contributed by atoms with Gasteiger partial charge in [0.1, 0.15) is 5.56 Å². The summed E-state index contributed by atoms with van der Waals surface area (Å²) in [4.78, 5) is 28.8. The average molecular weight is 343 g/mol. The molecule has 0 saturated carbocycles. The Labute approximate surface area is 143 Å². The molecule has 0 saturated heterocycles. The predicted octanol–water partition coefficient (Wildman–Crippen LogP) is 1.40. The van der Waals surface area contributed by atoms with Gasteiger partial charge in [0, 0.05) is 18.3 Å². The van der Waals surface area contributed by atoms with Gasteiger partial charge in [0.2, 0.25) is 0 Å². The van der Waals surface area contributed by atoms with Crippen molar-refractivity contribution in [1.29, 1.82) is 0 Å². The van der Waals surface area contributed by atoms with Crippen molar-refractivity contribution in [2.24, 2.45) is 7.05 Å². The normalized spacial score (nSPS) is 10.9. The number of ether oxygens (including phenoxy) is 2. The first-order valence-corrected chi connectivity index (χ1v) is 7.61. The number of aromatic nitrogens is 5. The van der Waals surface area contributed by atoms with E-state index < -0.39 is 11.9 Å². The second-order valence-corrected chi connectivity index (χ2v) is 5.30. The molecule has 9 heteroatoms. The van der Waals surface area contributed by atoms with Crippen molar-refractivity contribution >= 4 is 17.6 Å². The van der Waals surface area contributed by atoms with Crippen LogP contribution in [0.3, 0.4) is 0 Å². The highest BCUT2D eigenvalue weighted by Crippen LogP contribution is 2.24.